The van der Waals surface area contributed by atoms with Gasteiger partial charge in [-0.2, -0.15) is 0 Å². The van der Waals surface area contributed by atoms with Gasteiger partial charge in [-0.3, -0.25) is 10.1 Å². The quantitative estimate of drug-likeness (QED) is 0.392. The van der Waals surface area contributed by atoms with Crippen LogP contribution in [-0.2, 0) is 11.2 Å². The van der Waals surface area contributed by atoms with Crippen LogP contribution in [0.15, 0.2) is 102 Å². The van der Waals surface area contributed by atoms with E-state index in [0.717, 1.165) is 23.2 Å². The molecule has 0 saturated heterocycles. The molecule has 3 nitrogen and oxygen atoms in total. The molecule has 150 valence electrons. The fraction of sp³-hybridized carbons (Fsp3) is 0.115. The highest BCUT2D eigenvalue weighted by molar-refractivity contribution is 7.10. The first-order valence-corrected chi connectivity index (χ1v) is 10.9. The van der Waals surface area contributed by atoms with Crippen LogP contribution < -0.4 is 10.6 Å². The zero-order chi connectivity index (χ0) is 20.6. The second-order valence-corrected chi connectivity index (χ2v) is 8.09. The van der Waals surface area contributed by atoms with Crippen LogP contribution in [-0.4, -0.2) is 12.5 Å². The molecule has 4 rings (SSSR count). The van der Waals surface area contributed by atoms with Crippen molar-refractivity contribution in [1.82, 2.24) is 5.32 Å². The Balaban J connectivity index is 1.43. The molecule has 2 N–H and O–H groups in total. The lowest BCUT2D eigenvalue weighted by Gasteiger charge is -2.18. The average molecular weight is 413 g/mol. The molecule has 0 radical (unpaired) electrons. The first-order chi connectivity index (χ1) is 14.8. The van der Waals surface area contributed by atoms with E-state index in [1.807, 2.05) is 60.7 Å². The fourth-order valence-electron chi connectivity index (χ4n) is 3.49. The summed E-state index contributed by atoms with van der Waals surface area (Å²) in [4.78, 5) is 13.9. The van der Waals surface area contributed by atoms with Crippen molar-refractivity contribution in [3.63, 3.8) is 0 Å². The van der Waals surface area contributed by atoms with Crippen LogP contribution in [0, 0.1) is 0 Å². The van der Waals surface area contributed by atoms with Crippen LogP contribution in [0.2, 0.25) is 0 Å². The average Bonchev–Trinajstić information content (AvgIpc) is 3.31. The number of carbonyl (C=O) groups excluding carboxylic acids is 1. The third-order valence-electron chi connectivity index (χ3n) is 4.96. The van der Waals surface area contributed by atoms with Crippen molar-refractivity contribution >= 4 is 22.9 Å². The Morgan fingerprint density at radius 1 is 0.800 bits per heavy atom. The highest BCUT2D eigenvalue weighted by Crippen LogP contribution is 2.26. The molecule has 0 fully saturated rings. The van der Waals surface area contributed by atoms with Gasteiger partial charge in [0.1, 0.15) is 0 Å². The van der Waals surface area contributed by atoms with Gasteiger partial charge in [0.15, 0.2) is 0 Å². The van der Waals surface area contributed by atoms with Gasteiger partial charge >= 0.3 is 0 Å². The van der Waals surface area contributed by atoms with E-state index >= 15 is 0 Å². The lowest BCUT2D eigenvalue weighted by molar-refractivity contribution is -0.115. The molecule has 1 aromatic heterocycles. The minimum absolute atomic E-state index is 0.00323. The summed E-state index contributed by atoms with van der Waals surface area (Å²) in [5, 5.41) is 8.57. The fourth-order valence-corrected chi connectivity index (χ4v) is 4.31. The van der Waals surface area contributed by atoms with Crippen molar-refractivity contribution in [2.75, 3.05) is 11.9 Å². The zero-order valence-corrected chi connectivity index (χ0v) is 17.4. The summed E-state index contributed by atoms with van der Waals surface area (Å²) in [6.07, 6.45) is 0.784. The molecule has 0 bridgehead atoms. The summed E-state index contributed by atoms with van der Waals surface area (Å²) in [5.74, 6) is -0.0481. The number of hydrogen-bond donors (Lipinski definition) is 2. The molecule has 1 atom stereocenters. The summed E-state index contributed by atoms with van der Waals surface area (Å²) in [5.41, 5.74) is 4.34. The maximum atomic E-state index is 12.8. The number of hydrogen-bond acceptors (Lipinski definition) is 3. The number of amides is 1. The Kier molecular flexibility index (Phi) is 6.70. The first kappa shape index (κ1) is 20.1. The van der Waals surface area contributed by atoms with Crippen molar-refractivity contribution in [1.29, 1.82) is 0 Å². The van der Waals surface area contributed by atoms with Gasteiger partial charge in [-0.15, -0.1) is 11.3 Å². The zero-order valence-electron chi connectivity index (χ0n) is 16.6. The molecule has 0 aliphatic rings. The highest BCUT2D eigenvalue weighted by atomic mass is 32.1. The Morgan fingerprint density at radius 2 is 1.50 bits per heavy atom. The molecule has 3 aromatic carbocycles. The van der Waals surface area contributed by atoms with E-state index < -0.39 is 0 Å². The second-order valence-electron chi connectivity index (χ2n) is 7.11. The third-order valence-corrected chi connectivity index (χ3v) is 5.89. The van der Waals surface area contributed by atoms with Gasteiger partial charge in [-0.25, -0.2) is 0 Å². The van der Waals surface area contributed by atoms with Gasteiger partial charge < -0.3 is 5.32 Å². The van der Waals surface area contributed by atoms with E-state index in [1.54, 1.807) is 11.3 Å². The monoisotopic (exact) mass is 412 g/mol. The van der Waals surface area contributed by atoms with Gasteiger partial charge in [0.05, 0.1) is 12.6 Å². The van der Waals surface area contributed by atoms with Crippen LogP contribution in [0.4, 0.5) is 5.69 Å². The maximum absolute atomic E-state index is 12.8. The topological polar surface area (TPSA) is 41.1 Å². The number of rotatable bonds is 8. The Labute approximate surface area is 181 Å². The molecule has 30 heavy (non-hydrogen) atoms. The predicted octanol–water partition coefficient (Wildman–Crippen LogP) is 5.66. The van der Waals surface area contributed by atoms with E-state index in [-0.39, 0.29) is 18.5 Å². The van der Waals surface area contributed by atoms with E-state index in [9.17, 15) is 4.79 Å². The van der Waals surface area contributed by atoms with Crippen LogP contribution in [0.3, 0.4) is 0 Å². The van der Waals surface area contributed by atoms with Crippen molar-refractivity contribution in [2.24, 2.45) is 0 Å². The molecule has 1 amide bonds. The number of para-hydroxylation sites is 1. The normalized spacial score (nSPS) is 11.7. The van der Waals surface area contributed by atoms with E-state index in [0.29, 0.717) is 0 Å². The van der Waals surface area contributed by atoms with E-state index in [2.05, 4.69) is 52.4 Å². The smallest absolute Gasteiger partial charge is 0.238 e. The number of carbonyl (C=O) groups is 1. The minimum Gasteiger partial charge on any atom is -0.325 e. The lowest BCUT2D eigenvalue weighted by atomic mass is 10.0. The van der Waals surface area contributed by atoms with Gasteiger partial charge in [0, 0.05) is 10.6 Å². The molecule has 0 unspecified atom stereocenters. The third kappa shape index (κ3) is 5.23. The molecule has 0 spiro atoms. The molecule has 1 heterocycles. The molecular formula is C26H24N2OS. The standard InChI is InChI=1S/C26H24N2OS/c29-25(19-27-26(24-16-9-17-30-24)21-12-5-2-6-13-21)28-23-15-8-7-14-22(23)18-20-10-3-1-4-11-20/h1-17,26-27H,18-19H2,(H,28,29)/t26-/m0/s1. The summed E-state index contributed by atoms with van der Waals surface area (Å²) < 4.78 is 0. The van der Waals surface area contributed by atoms with Crippen LogP contribution >= 0.6 is 11.3 Å². The van der Waals surface area contributed by atoms with Gasteiger partial charge in [0.25, 0.3) is 0 Å². The SMILES string of the molecule is O=C(CN[C@@H](c1ccccc1)c1cccs1)Nc1ccccc1Cc1ccccc1. The number of nitrogens with one attached hydrogen (secondary N) is 2. The van der Waals surface area contributed by atoms with E-state index in [1.165, 1.54) is 10.4 Å². The van der Waals surface area contributed by atoms with Gasteiger partial charge in [-0.1, -0.05) is 84.9 Å². The van der Waals surface area contributed by atoms with Crippen LogP contribution in [0.25, 0.3) is 0 Å². The molecule has 4 aromatic rings. The Bertz CT molecular complexity index is 1060. The summed E-state index contributed by atoms with van der Waals surface area (Å²) in [6, 6.07) is 32.6. The Hall–Kier alpha value is -3.21. The lowest BCUT2D eigenvalue weighted by Crippen LogP contribution is -2.31. The molecular weight excluding hydrogens is 388 g/mol. The molecule has 0 aliphatic heterocycles. The molecule has 0 saturated carbocycles. The number of anilines is 1. The first-order valence-electron chi connectivity index (χ1n) is 10.0. The minimum atomic E-state index is -0.0481. The largest absolute Gasteiger partial charge is 0.325 e. The van der Waals surface area contributed by atoms with Gasteiger partial charge in [-0.05, 0) is 40.6 Å². The predicted molar refractivity (Wildman–Crippen MR) is 125 cm³/mol. The summed E-state index contributed by atoms with van der Waals surface area (Å²) in [6.45, 7) is 0.233. The summed E-state index contributed by atoms with van der Waals surface area (Å²) >= 11 is 1.69. The number of benzene rings is 3. The molecule has 4 heteroatoms. The van der Waals surface area contributed by atoms with E-state index in [4.69, 9.17) is 0 Å². The van der Waals surface area contributed by atoms with Crippen molar-refractivity contribution in [3.05, 3.63) is 124 Å². The number of thiophene rings is 1. The highest BCUT2D eigenvalue weighted by Gasteiger charge is 2.16. The van der Waals surface area contributed by atoms with Crippen molar-refractivity contribution < 1.29 is 4.79 Å². The van der Waals surface area contributed by atoms with Crippen molar-refractivity contribution in [3.8, 4) is 0 Å². The van der Waals surface area contributed by atoms with Crippen LogP contribution in [0.5, 0.6) is 0 Å². The maximum Gasteiger partial charge on any atom is 0.238 e. The van der Waals surface area contributed by atoms with Crippen LogP contribution in [0.1, 0.15) is 27.6 Å². The van der Waals surface area contributed by atoms with Crippen molar-refractivity contribution in [2.45, 2.75) is 12.5 Å². The van der Waals surface area contributed by atoms with Gasteiger partial charge in [0.2, 0.25) is 5.91 Å². The second kappa shape index (κ2) is 10.0. The Morgan fingerprint density at radius 3 is 2.23 bits per heavy atom. The summed E-state index contributed by atoms with van der Waals surface area (Å²) in [7, 11) is 0. The molecule has 0 aliphatic carbocycles.